The van der Waals surface area contributed by atoms with Crippen molar-refractivity contribution in [2.75, 3.05) is 7.11 Å². The van der Waals surface area contributed by atoms with E-state index in [0.717, 1.165) is 32.1 Å². The van der Waals surface area contributed by atoms with Crippen LogP contribution >= 0.6 is 12.4 Å². The number of hydrogen-bond acceptors (Lipinski definition) is 7. The Labute approximate surface area is 260 Å². The molecule has 1 aliphatic carbocycles. The molecule has 0 spiro atoms. The van der Waals surface area contributed by atoms with E-state index in [-0.39, 0.29) is 43.5 Å². The minimum atomic E-state index is -4.37. The first kappa shape index (κ1) is 38.4. The van der Waals surface area contributed by atoms with Crippen LogP contribution in [0.4, 0.5) is 8.78 Å². The average Bonchev–Trinajstić information content (AvgIpc) is 2.94. The molecule has 2 unspecified atom stereocenters. The lowest BCUT2D eigenvalue weighted by Crippen LogP contribution is -2.65. The molecule has 1 fully saturated rings. The number of Topliss-reactive ketones (excluding diaryl/α,β-unsaturated/α-hetero) is 2. The van der Waals surface area contributed by atoms with E-state index < -0.39 is 59.4 Å². The number of methoxy groups -OCH3 is 1. The molecule has 12 heteroatoms. The van der Waals surface area contributed by atoms with Crippen LogP contribution in [0.1, 0.15) is 78.2 Å². The van der Waals surface area contributed by atoms with Gasteiger partial charge < -0.3 is 26.8 Å². The van der Waals surface area contributed by atoms with Crippen LogP contribution in [0.2, 0.25) is 0 Å². The van der Waals surface area contributed by atoms with Crippen LogP contribution < -0.4 is 26.8 Å². The molecule has 0 radical (unpaired) electrons. The lowest BCUT2D eigenvalue weighted by molar-refractivity contribution is -0.158. The van der Waals surface area contributed by atoms with Gasteiger partial charge in [0.1, 0.15) is 5.75 Å². The zero-order valence-corrected chi connectivity index (χ0v) is 26.7. The van der Waals surface area contributed by atoms with E-state index in [1.54, 1.807) is 52.0 Å². The Morgan fingerprint density at radius 3 is 2.07 bits per heavy atom. The molecule has 0 bridgehead atoms. The number of nitrogens with two attached hydrogens (primary N) is 2. The van der Waals surface area contributed by atoms with Crippen LogP contribution in [-0.4, -0.2) is 60.6 Å². The first-order valence-electron chi connectivity index (χ1n) is 14.9. The lowest BCUT2D eigenvalue weighted by Gasteiger charge is -2.33. The molecule has 1 aromatic rings. The topological polar surface area (TPSA) is 154 Å². The first-order chi connectivity index (χ1) is 19.7. The molecule has 0 saturated heterocycles. The fourth-order valence-electron chi connectivity index (χ4n) is 5.20. The number of halogens is 3. The molecule has 1 saturated carbocycles. The highest BCUT2D eigenvalue weighted by Gasteiger charge is 2.55. The lowest BCUT2D eigenvalue weighted by atomic mass is 9.82. The predicted molar refractivity (Wildman–Crippen MR) is 164 cm³/mol. The molecule has 9 nitrogen and oxygen atoms in total. The van der Waals surface area contributed by atoms with Crippen molar-refractivity contribution in [3.8, 4) is 5.75 Å². The van der Waals surface area contributed by atoms with Gasteiger partial charge in [-0.3, -0.25) is 19.2 Å². The van der Waals surface area contributed by atoms with Crippen molar-refractivity contribution < 1.29 is 32.7 Å². The normalized spacial score (nSPS) is 16.9. The minimum absolute atomic E-state index is 0. The molecule has 0 aromatic heterocycles. The van der Waals surface area contributed by atoms with Gasteiger partial charge in [0.2, 0.25) is 17.6 Å². The quantitative estimate of drug-likeness (QED) is 0.217. The maximum absolute atomic E-state index is 16.2. The Balaban J connectivity index is 0.00000924. The summed E-state index contributed by atoms with van der Waals surface area (Å²) in [6, 6.07) is -0.200. The number of ether oxygens (including phenoxy) is 1. The van der Waals surface area contributed by atoms with Gasteiger partial charge in [0.05, 0.1) is 25.2 Å². The number of nitrogens with one attached hydrogen (secondary N) is 2. The Morgan fingerprint density at radius 2 is 1.56 bits per heavy atom. The van der Waals surface area contributed by atoms with E-state index in [4.69, 9.17) is 16.2 Å². The SMILES string of the molecule is COc1ccc(C[C@H](N)C(=O)C(NC(=O)[C@@H](N)C(C)C)C(F)(F)C(=O)C(CC2CCCCC2)NC(=O)CC(C)C)cc1.Cl. The van der Waals surface area contributed by atoms with E-state index in [1.807, 2.05) is 0 Å². The van der Waals surface area contributed by atoms with Crippen LogP contribution in [-0.2, 0) is 25.6 Å². The summed E-state index contributed by atoms with van der Waals surface area (Å²) < 4.78 is 37.6. The largest absolute Gasteiger partial charge is 0.497 e. The molecule has 1 aromatic carbocycles. The van der Waals surface area contributed by atoms with Crippen molar-refractivity contribution in [2.24, 2.45) is 29.2 Å². The van der Waals surface area contributed by atoms with Gasteiger partial charge in [0, 0.05) is 6.42 Å². The van der Waals surface area contributed by atoms with Crippen molar-refractivity contribution >= 4 is 35.8 Å². The molecule has 4 atom stereocenters. The zero-order valence-electron chi connectivity index (χ0n) is 25.9. The van der Waals surface area contributed by atoms with Gasteiger partial charge in [-0.15, -0.1) is 12.4 Å². The van der Waals surface area contributed by atoms with Gasteiger partial charge in [-0.05, 0) is 48.3 Å². The minimum Gasteiger partial charge on any atom is -0.497 e. The monoisotopic (exact) mass is 630 g/mol. The number of carbonyl (C=O) groups is 4. The van der Waals surface area contributed by atoms with E-state index in [2.05, 4.69) is 10.6 Å². The van der Waals surface area contributed by atoms with Crippen molar-refractivity contribution in [1.29, 1.82) is 0 Å². The predicted octanol–water partition coefficient (Wildman–Crippen LogP) is 3.73. The maximum atomic E-state index is 16.2. The summed E-state index contributed by atoms with van der Waals surface area (Å²) in [5.74, 6) is -8.68. The summed E-state index contributed by atoms with van der Waals surface area (Å²) in [7, 11) is 1.49. The highest BCUT2D eigenvalue weighted by molar-refractivity contribution is 6.03. The van der Waals surface area contributed by atoms with Crippen LogP contribution in [0.5, 0.6) is 5.75 Å². The van der Waals surface area contributed by atoms with E-state index in [0.29, 0.717) is 11.3 Å². The molecule has 43 heavy (non-hydrogen) atoms. The summed E-state index contributed by atoms with van der Waals surface area (Å²) in [4.78, 5) is 52.6. The number of rotatable bonds is 16. The summed E-state index contributed by atoms with van der Waals surface area (Å²) in [5, 5.41) is 4.56. The van der Waals surface area contributed by atoms with Crippen LogP contribution in [0.3, 0.4) is 0 Å². The second kappa shape index (κ2) is 17.6. The molecule has 2 rings (SSSR count). The van der Waals surface area contributed by atoms with Crippen LogP contribution in [0, 0.1) is 17.8 Å². The molecule has 2 amide bonds. The van der Waals surface area contributed by atoms with Crippen LogP contribution in [0.15, 0.2) is 24.3 Å². The number of alkyl halides is 2. The summed E-state index contributed by atoms with van der Waals surface area (Å²) >= 11 is 0. The van der Waals surface area contributed by atoms with Crippen molar-refractivity contribution in [2.45, 2.75) is 109 Å². The van der Waals surface area contributed by atoms with E-state index in [9.17, 15) is 19.2 Å². The van der Waals surface area contributed by atoms with Gasteiger partial charge in [0.15, 0.2) is 11.8 Å². The fourth-order valence-corrected chi connectivity index (χ4v) is 5.20. The summed E-state index contributed by atoms with van der Waals surface area (Å²) in [6.45, 7) is 6.87. The molecule has 244 valence electrons. The second-order valence-electron chi connectivity index (χ2n) is 12.2. The summed E-state index contributed by atoms with van der Waals surface area (Å²) in [6.07, 6.45) is 4.31. The second-order valence-corrected chi connectivity index (χ2v) is 12.2. The third-order valence-corrected chi connectivity index (χ3v) is 7.80. The number of amides is 2. The molecule has 0 aliphatic heterocycles. The molecule has 6 N–H and O–H groups in total. The molecular weight excluding hydrogens is 582 g/mol. The Hall–Kier alpha value is -2.63. The highest BCUT2D eigenvalue weighted by atomic mass is 35.5. The van der Waals surface area contributed by atoms with Gasteiger partial charge in [0.25, 0.3) is 0 Å². The first-order valence-corrected chi connectivity index (χ1v) is 14.9. The molecular formula is C31H49ClF2N4O5. The fraction of sp³-hybridized carbons (Fsp3) is 0.677. The molecule has 1 aliphatic rings. The summed E-state index contributed by atoms with van der Waals surface area (Å²) in [5.41, 5.74) is 12.6. The Morgan fingerprint density at radius 1 is 0.977 bits per heavy atom. The van der Waals surface area contributed by atoms with Crippen LogP contribution in [0.25, 0.3) is 0 Å². The van der Waals surface area contributed by atoms with Gasteiger partial charge in [-0.2, -0.15) is 8.78 Å². The van der Waals surface area contributed by atoms with E-state index >= 15 is 8.78 Å². The number of carbonyl (C=O) groups excluding carboxylic acids is 4. The van der Waals surface area contributed by atoms with Gasteiger partial charge >= 0.3 is 5.92 Å². The number of ketones is 2. The highest BCUT2D eigenvalue weighted by Crippen LogP contribution is 2.31. The van der Waals surface area contributed by atoms with Crippen molar-refractivity contribution in [3.63, 3.8) is 0 Å². The third-order valence-electron chi connectivity index (χ3n) is 7.80. The number of benzene rings is 1. The molecule has 0 heterocycles. The third kappa shape index (κ3) is 11.4. The zero-order chi connectivity index (χ0) is 31.6. The maximum Gasteiger partial charge on any atom is 0.334 e. The van der Waals surface area contributed by atoms with Gasteiger partial charge in [-0.25, -0.2) is 0 Å². The van der Waals surface area contributed by atoms with E-state index in [1.165, 1.54) is 7.11 Å². The Kier molecular flexibility index (Phi) is 15.7. The van der Waals surface area contributed by atoms with Crippen molar-refractivity contribution in [3.05, 3.63) is 29.8 Å². The average molecular weight is 631 g/mol. The smallest absolute Gasteiger partial charge is 0.334 e. The van der Waals surface area contributed by atoms with Crippen molar-refractivity contribution in [1.82, 2.24) is 10.6 Å². The van der Waals surface area contributed by atoms with Gasteiger partial charge in [-0.1, -0.05) is 71.9 Å². The standard InChI is InChI=1S/C31H48F2N4O5.ClH/c1-18(2)15-25(38)36-24(17-20-9-7-6-8-10-20)29(40)31(32,33)28(37-30(41)26(35)19(3)4)27(39)23(34)16-21-11-13-22(42-5)14-12-21;/h11-14,18-20,23-24,26,28H,6-10,15-17,34-35H2,1-5H3,(H,36,38)(H,37,41);1H/t23-,24?,26-,28?;/m0./s1. The number of hydrogen-bond donors (Lipinski definition) is 4. The Bertz CT molecular complexity index is 1060.